The number of hydrogen-bond acceptors (Lipinski definition) is 6. The second kappa shape index (κ2) is 13.5. The van der Waals surface area contributed by atoms with Crippen LogP contribution < -0.4 is 5.56 Å². The van der Waals surface area contributed by atoms with Gasteiger partial charge in [-0.25, -0.2) is 14.6 Å². The molecule has 7 nitrogen and oxygen atoms in total. The molecule has 0 aliphatic heterocycles. The summed E-state index contributed by atoms with van der Waals surface area (Å²) in [6.07, 6.45) is 10.5. The monoisotopic (exact) mass is 442 g/mol. The predicted octanol–water partition coefficient (Wildman–Crippen LogP) is 5.02. The van der Waals surface area contributed by atoms with Gasteiger partial charge in [0.15, 0.2) is 0 Å². The lowest BCUT2D eigenvalue weighted by atomic mass is 10.1. The molecule has 2 rings (SSSR count). The molecule has 0 aliphatic carbocycles. The van der Waals surface area contributed by atoms with Crippen LogP contribution >= 0.6 is 0 Å². The molecule has 7 heteroatoms. The summed E-state index contributed by atoms with van der Waals surface area (Å²) in [5.74, 6) is -1.08. The van der Waals surface area contributed by atoms with Crippen molar-refractivity contribution in [3.05, 3.63) is 57.8 Å². The fourth-order valence-electron chi connectivity index (χ4n) is 3.40. The highest BCUT2D eigenvalue weighted by atomic mass is 16.5. The first-order valence-corrected chi connectivity index (χ1v) is 11.5. The first-order valence-electron chi connectivity index (χ1n) is 11.5. The Hall–Kier alpha value is -2.96. The lowest BCUT2D eigenvalue weighted by Crippen LogP contribution is -2.28. The highest BCUT2D eigenvalue weighted by molar-refractivity contribution is 5.90. The number of carbonyl (C=O) groups excluding carboxylic acids is 2. The number of aromatic nitrogens is 2. The van der Waals surface area contributed by atoms with E-state index in [1.54, 1.807) is 38.1 Å². The Morgan fingerprint density at radius 3 is 2.12 bits per heavy atom. The minimum atomic E-state index is -0.652. The van der Waals surface area contributed by atoms with E-state index in [4.69, 9.17) is 9.47 Å². The predicted molar refractivity (Wildman–Crippen MR) is 123 cm³/mol. The minimum Gasteiger partial charge on any atom is -0.462 e. The number of carbonyl (C=O) groups is 2. The van der Waals surface area contributed by atoms with Crippen LogP contribution in [0.15, 0.2) is 35.4 Å². The Kier molecular flexibility index (Phi) is 10.6. The van der Waals surface area contributed by atoms with Crippen LogP contribution in [0.3, 0.4) is 0 Å². The van der Waals surface area contributed by atoms with E-state index in [1.807, 2.05) is 0 Å². The van der Waals surface area contributed by atoms with Crippen molar-refractivity contribution in [1.29, 1.82) is 0 Å². The van der Waals surface area contributed by atoms with E-state index in [0.717, 1.165) is 19.3 Å². The van der Waals surface area contributed by atoms with E-state index in [1.165, 1.54) is 43.0 Å². The molecule has 32 heavy (non-hydrogen) atoms. The van der Waals surface area contributed by atoms with Crippen molar-refractivity contribution in [2.45, 2.75) is 72.1 Å². The van der Waals surface area contributed by atoms with Gasteiger partial charge in [-0.05, 0) is 44.5 Å². The normalized spacial score (nSPS) is 10.7. The number of hydrogen-bond donors (Lipinski definition) is 0. The number of ether oxygens (including phenoxy) is 2. The Morgan fingerprint density at radius 1 is 0.875 bits per heavy atom. The molecule has 0 bridgehead atoms. The Balaban J connectivity index is 1.97. The molecule has 174 valence electrons. The quantitative estimate of drug-likeness (QED) is 0.320. The van der Waals surface area contributed by atoms with Crippen LogP contribution in [-0.2, 0) is 9.47 Å². The van der Waals surface area contributed by atoms with Crippen molar-refractivity contribution >= 4 is 11.9 Å². The Bertz CT molecular complexity index is 934. The van der Waals surface area contributed by atoms with Crippen molar-refractivity contribution in [2.24, 2.45) is 0 Å². The van der Waals surface area contributed by atoms with Crippen molar-refractivity contribution in [3.8, 4) is 5.69 Å². The molecule has 0 radical (unpaired) electrons. The summed E-state index contributed by atoms with van der Waals surface area (Å²) >= 11 is 0. The third-order valence-corrected chi connectivity index (χ3v) is 5.25. The summed E-state index contributed by atoms with van der Waals surface area (Å²) in [6, 6.07) is 6.36. The maximum atomic E-state index is 12.9. The molecule has 0 spiro atoms. The van der Waals surface area contributed by atoms with Gasteiger partial charge >= 0.3 is 11.9 Å². The molecular weight excluding hydrogens is 408 g/mol. The minimum absolute atomic E-state index is 0.0680. The molecule has 0 fully saturated rings. The number of aryl methyl sites for hydroxylation is 1. The SMILES string of the molecule is CCCCCCCCCCOC(=O)c1c(C)ncn(-c2ccc(C(=O)OCC)cc2)c1=O. The standard InChI is InChI=1S/C25H34N2O5/c1-4-6-7-8-9-10-11-12-17-32-25(30)22-19(3)26-18-27(23(22)28)21-15-13-20(14-16-21)24(29)31-5-2/h13-16,18H,4-12,17H2,1-3H3. The van der Waals surface area contributed by atoms with Gasteiger partial charge < -0.3 is 9.47 Å². The Labute approximate surface area is 189 Å². The number of unbranched alkanes of at least 4 members (excludes halogenated alkanes) is 7. The molecule has 1 aromatic heterocycles. The van der Waals surface area contributed by atoms with Crippen molar-refractivity contribution in [1.82, 2.24) is 9.55 Å². The molecule has 0 amide bonds. The zero-order valence-electron chi connectivity index (χ0n) is 19.4. The van der Waals surface area contributed by atoms with Crippen LogP contribution in [0.2, 0.25) is 0 Å². The summed E-state index contributed by atoms with van der Waals surface area (Å²) < 4.78 is 11.6. The van der Waals surface area contributed by atoms with Gasteiger partial charge in [-0.3, -0.25) is 9.36 Å². The number of nitrogens with zero attached hydrogens (tertiary/aromatic N) is 2. The average molecular weight is 443 g/mol. The lowest BCUT2D eigenvalue weighted by molar-refractivity contribution is 0.0491. The summed E-state index contributed by atoms with van der Waals surface area (Å²) in [6.45, 7) is 6.12. The third-order valence-electron chi connectivity index (χ3n) is 5.25. The van der Waals surface area contributed by atoms with Crippen LogP contribution in [0.4, 0.5) is 0 Å². The topological polar surface area (TPSA) is 87.5 Å². The highest BCUT2D eigenvalue weighted by Gasteiger charge is 2.19. The molecule has 0 saturated carbocycles. The summed E-state index contributed by atoms with van der Waals surface area (Å²) in [4.78, 5) is 41.5. The summed E-state index contributed by atoms with van der Waals surface area (Å²) in [7, 11) is 0. The van der Waals surface area contributed by atoms with Gasteiger partial charge in [0.2, 0.25) is 0 Å². The van der Waals surface area contributed by atoms with Gasteiger partial charge in [-0.15, -0.1) is 0 Å². The zero-order chi connectivity index (χ0) is 23.3. The number of benzene rings is 1. The molecule has 0 saturated heterocycles. The number of rotatable bonds is 13. The van der Waals surface area contributed by atoms with Gasteiger partial charge in [0.1, 0.15) is 11.9 Å². The van der Waals surface area contributed by atoms with Crippen LogP contribution in [0, 0.1) is 6.92 Å². The van der Waals surface area contributed by atoms with Gasteiger partial charge in [-0.1, -0.05) is 51.9 Å². The molecule has 0 atom stereocenters. The fourth-order valence-corrected chi connectivity index (χ4v) is 3.40. The van der Waals surface area contributed by atoms with E-state index >= 15 is 0 Å². The van der Waals surface area contributed by atoms with E-state index in [0.29, 0.717) is 16.9 Å². The van der Waals surface area contributed by atoms with Gasteiger partial charge in [0.25, 0.3) is 5.56 Å². The average Bonchev–Trinajstić information content (AvgIpc) is 2.78. The fraction of sp³-hybridized carbons (Fsp3) is 0.520. The van der Waals surface area contributed by atoms with Crippen molar-refractivity contribution < 1.29 is 19.1 Å². The van der Waals surface area contributed by atoms with E-state index in [9.17, 15) is 14.4 Å². The van der Waals surface area contributed by atoms with Crippen molar-refractivity contribution in [2.75, 3.05) is 13.2 Å². The van der Waals surface area contributed by atoms with Crippen LogP contribution in [0.25, 0.3) is 5.69 Å². The molecule has 2 aromatic rings. The zero-order valence-corrected chi connectivity index (χ0v) is 19.4. The molecule has 0 unspecified atom stereocenters. The second-order valence-corrected chi connectivity index (χ2v) is 7.76. The molecule has 0 N–H and O–H groups in total. The molecule has 1 heterocycles. The van der Waals surface area contributed by atoms with Gasteiger partial charge in [-0.2, -0.15) is 0 Å². The third kappa shape index (κ3) is 7.32. The Morgan fingerprint density at radius 2 is 1.50 bits per heavy atom. The summed E-state index contributed by atoms with van der Waals surface area (Å²) in [5, 5.41) is 0. The first kappa shape index (κ1) is 25.3. The van der Waals surface area contributed by atoms with Crippen molar-refractivity contribution in [3.63, 3.8) is 0 Å². The largest absolute Gasteiger partial charge is 0.462 e. The summed E-state index contributed by atoms with van der Waals surface area (Å²) in [5.41, 5.74) is 0.639. The maximum absolute atomic E-state index is 12.9. The molecule has 0 aliphatic rings. The first-order chi connectivity index (χ1) is 15.5. The highest BCUT2D eigenvalue weighted by Crippen LogP contribution is 2.12. The maximum Gasteiger partial charge on any atom is 0.345 e. The number of esters is 2. The van der Waals surface area contributed by atoms with E-state index in [2.05, 4.69) is 11.9 Å². The smallest absolute Gasteiger partial charge is 0.345 e. The van der Waals surface area contributed by atoms with E-state index in [-0.39, 0.29) is 18.8 Å². The second-order valence-electron chi connectivity index (χ2n) is 7.76. The lowest BCUT2D eigenvalue weighted by Gasteiger charge is -2.11. The molecule has 1 aromatic carbocycles. The molecular formula is C25H34N2O5. The van der Waals surface area contributed by atoms with Crippen LogP contribution in [0.5, 0.6) is 0 Å². The van der Waals surface area contributed by atoms with E-state index < -0.39 is 17.5 Å². The van der Waals surface area contributed by atoms with Crippen LogP contribution in [-0.4, -0.2) is 34.7 Å². The van der Waals surface area contributed by atoms with Gasteiger partial charge in [0.05, 0.1) is 30.2 Å². The van der Waals surface area contributed by atoms with Gasteiger partial charge in [0, 0.05) is 0 Å². The van der Waals surface area contributed by atoms with Crippen LogP contribution in [0.1, 0.15) is 91.6 Å².